The van der Waals surface area contributed by atoms with Gasteiger partial charge in [0.15, 0.2) is 0 Å². The smallest absolute Gasteiger partial charge is 0.137 e. The van der Waals surface area contributed by atoms with E-state index in [1.54, 1.807) is 0 Å². The van der Waals surface area contributed by atoms with Gasteiger partial charge in [0.05, 0.1) is 6.10 Å². The van der Waals surface area contributed by atoms with Crippen LogP contribution in [0.5, 0.6) is 5.75 Å². The minimum absolute atomic E-state index is 0.288. The molecule has 0 saturated heterocycles. The molecule has 2 aromatic carbocycles. The Hall–Kier alpha value is -1.65. The highest BCUT2D eigenvalue weighted by molar-refractivity contribution is 9.09. The first-order valence-corrected chi connectivity index (χ1v) is 8.96. The highest BCUT2D eigenvalue weighted by atomic mass is 79.9. The molecule has 1 heterocycles. The minimum Gasteiger partial charge on any atom is -0.488 e. The molecule has 0 saturated carbocycles. The number of ether oxygens (including phenoxy) is 1. The molecule has 1 aliphatic heterocycles. The van der Waals surface area contributed by atoms with Crippen molar-refractivity contribution in [3.63, 3.8) is 0 Å². The van der Waals surface area contributed by atoms with E-state index in [0.717, 1.165) is 40.0 Å². The van der Waals surface area contributed by atoms with Crippen molar-refractivity contribution in [1.29, 1.82) is 0 Å². The lowest BCUT2D eigenvalue weighted by Crippen LogP contribution is -2.17. The summed E-state index contributed by atoms with van der Waals surface area (Å²) < 4.78 is 6.02. The molecule has 1 N–H and O–H groups in total. The number of aryl methyl sites for hydroxylation is 1. The van der Waals surface area contributed by atoms with Crippen LogP contribution in [0.4, 0.5) is 0 Å². The molecule has 0 bridgehead atoms. The van der Waals surface area contributed by atoms with E-state index in [-0.39, 0.29) is 5.78 Å². The minimum atomic E-state index is -0.511. The van der Waals surface area contributed by atoms with Crippen LogP contribution in [-0.4, -0.2) is 16.2 Å². The van der Waals surface area contributed by atoms with E-state index in [4.69, 9.17) is 4.74 Å². The molecule has 1 aliphatic carbocycles. The molecule has 0 spiro atoms. The normalized spacial score (nSPS) is 16.9. The number of Topliss-reactive ketones (excluding diaryl/α,β-unsaturated/α-hetero) is 1. The van der Waals surface area contributed by atoms with Gasteiger partial charge in [0.25, 0.3) is 0 Å². The number of aliphatic hydroxyl groups is 1. The van der Waals surface area contributed by atoms with Gasteiger partial charge in [-0.25, -0.2) is 0 Å². The number of aliphatic hydroxyl groups excluding tert-OH is 1. The fourth-order valence-corrected chi connectivity index (χ4v) is 3.85. The fourth-order valence-electron chi connectivity index (χ4n) is 3.48. The van der Waals surface area contributed by atoms with E-state index in [2.05, 4.69) is 34.1 Å². The molecule has 0 amide bonds. The number of halogens is 1. The van der Waals surface area contributed by atoms with Gasteiger partial charge in [-0.15, -0.1) is 0 Å². The van der Waals surface area contributed by atoms with E-state index in [1.807, 2.05) is 12.1 Å². The molecule has 118 valence electrons. The van der Waals surface area contributed by atoms with Crippen molar-refractivity contribution in [2.24, 2.45) is 0 Å². The van der Waals surface area contributed by atoms with Crippen molar-refractivity contribution < 1.29 is 14.6 Å². The van der Waals surface area contributed by atoms with Gasteiger partial charge in [-0.05, 0) is 34.7 Å². The molecule has 4 rings (SSSR count). The number of carbonyl (C=O) groups excluding carboxylic acids is 1. The summed E-state index contributed by atoms with van der Waals surface area (Å²) in [5.41, 5.74) is 6.46. The third-order valence-electron chi connectivity index (χ3n) is 4.73. The van der Waals surface area contributed by atoms with Crippen molar-refractivity contribution in [1.82, 2.24) is 0 Å². The van der Waals surface area contributed by atoms with Gasteiger partial charge >= 0.3 is 0 Å². The lowest BCUT2D eigenvalue weighted by Gasteiger charge is -2.27. The number of carbonyl (C=O) groups is 1. The van der Waals surface area contributed by atoms with Gasteiger partial charge in [0.1, 0.15) is 18.1 Å². The first kappa shape index (κ1) is 14.9. The van der Waals surface area contributed by atoms with Crippen LogP contribution in [0.15, 0.2) is 30.3 Å². The Bertz CT molecular complexity index is 797. The topological polar surface area (TPSA) is 46.5 Å². The van der Waals surface area contributed by atoms with E-state index in [9.17, 15) is 9.90 Å². The molecule has 1 unspecified atom stereocenters. The van der Waals surface area contributed by atoms with E-state index < -0.39 is 6.10 Å². The van der Waals surface area contributed by atoms with Crippen LogP contribution in [0.3, 0.4) is 0 Å². The first-order valence-electron chi connectivity index (χ1n) is 7.84. The van der Waals surface area contributed by atoms with Crippen molar-refractivity contribution in [2.75, 3.05) is 5.33 Å². The Kier molecular flexibility index (Phi) is 3.74. The number of benzene rings is 2. The van der Waals surface area contributed by atoms with Gasteiger partial charge in [0.2, 0.25) is 0 Å². The fraction of sp³-hybridized carbons (Fsp3) is 0.316. The summed E-state index contributed by atoms with van der Waals surface area (Å²) >= 11 is 3.31. The number of alkyl halides is 1. The monoisotopic (exact) mass is 372 g/mol. The largest absolute Gasteiger partial charge is 0.488 e. The predicted octanol–water partition coefficient (Wildman–Crippen LogP) is 3.73. The molecule has 0 fully saturated rings. The third kappa shape index (κ3) is 2.50. The maximum atomic E-state index is 11.8. The van der Waals surface area contributed by atoms with Crippen LogP contribution in [0, 0.1) is 0 Å². The second-order valence-corrected chi connectivity index (χ2v) is 6.82. The Labute approximate surface area is 143 Å². The predicted molar refractivity (Wildman–Crippen MR) is 92.0 cm³/mol. The van der Waals surface area contributed by atoms with Crippen molar-refractivity contribution >= 4 is 21.7 Å². The van der Waals surface area contributed by atoms with E-state index >= 15 is 0 Å². The number of hydrogen-bond acceptors (Lipinski definition) is 3. The Morgan fingerprint density at radius 3 is 2.78 bits per heavy atom. The summed E-state index contributed by atoms with van der Waals surface area (Å²) in [7, 11) is 0. The molecule has 1 atom stereocenters. The molecular weight excluding hydrogens is 356 g/mol. The van der Waals surface area contributed by atoms with Gasteiger partial charge in [0, 0.05) is 29.3 Å². The number of ketones is 1. The molecular formula is C19H17BrO3. The van der Waals surface area contributed by atoms with Crippen LogP contribution >= 0.6 is 15.9 Å². The SMILES string of the molecule is O=C1CCc2ccc3c(c2C1)OCc1cc(C(O)CBr)ccc1-3. The van der Waals surface area contributed by atoms with Gasteiger partial charge < -0.3 is 9.84 Å². The van der Waals surface area contributed by atoms with Gasteiger partial charge in [-0.2, -0.15) is 0 Å². The van der Waals surface area contributed by atoms with E-state index in [1.165, 1.54) is 5.56 Å². The maximum absolute atomic E-state index is 11.8. The average Bonchev–Trinajstić information content (AvgIpc) is 2.59. The lowest BCUT2D eigenvalue weighted by atomic mass is 9.85. The molecule has 2 aliphatic rings. The molecule has 0 aromatic heterocycles. The zero-order valence-corrected chi connectivity index (χ0v) is 14.2. The van der Waals surface area contributed by atoms with Gasteiger partial charge in [-0.3, -0.25) is 4.79 Å². The zero-order valence-electron chi connectivity index (χ0n) is 12.6. The number of hydrogen-bond donors (Lipinski definition) is 1. The Balaban J connectivity index is 1.82. The standard InChI is InChI=1S/C19H17BrO3/c20-9-18(22)12-3-5-15-13(7-12)10-23-19-16(15)6-2-11-1-4-14(21)8-17(11)19/h2-3,5-7,18,22H,1,4,8-10H2. The van der Waals surface area contributed by atoms with Crippen LogP contribution in [0.1, 0.15) is 34.8 Å². The summed E-state index contributed by atoms with van der Waals surface area (Å²) in [5, 5.41) is 10.5. The zero-order chi connectivity index (χ0) is 16.0. The van der Waals surface area contributed by atoms with Crippen LogP contribution in [0.2, 0.25) is 0 Å². The summed E-state index contributed by atoms with van der Waals surface area (Å²) in [6, 6.07) is 10.2. The van der Waals surface area contributed by atoms with Crippen molar-refractivity contribution in [3.8, 4) is 16.9 Å². The molecule has 0 radical (unpaired) electrons. The van der Waals surface area contributed by atoms with Crippen molar-refractivity contribution in [3.05, 3.63) is 52.6 Å². The summed E-state index contributed by atoms with van der Waals surface area (Å²) in [6.07, 6.45) is 1.42. The number of rotatable bonds is 2. The quantitative estimate of drug-likeness (QED) is 0.816. The second-order valence-electron chi connectivity index (χ2n) is 6.17. The number of fused-ring (bicyclic) bond motifs is 5. The highest BCUT2D eigenvalue weighted by Crippen LogP contribution is 2.43. The van der Waals surface area contributed by atoms with Crippen molar-refractivity contribution in [2.45, 2.75) is 32.0 Å². The summed E-state index contributed by atoms with van der Waals surface area (Å²) in [4.78, 5) is 11.8. The Morgan fingerprint density at radius 2 is 1.96 bits per heavy atom. The summed E-state index contributed by atoms with van der Waals surface area (Å²) in [5.74, 6) is 1.16. The Morgan fingerprint density at radius 1 is 1.13 bits per heavy atom. The second kappa shape index (κ2) is 5.77. The third-order valence-corrected chi connectivity index (χ3v) is 5.34. The van der Waals surface area contributed by atoms with Crippen LogP contribution < -0.4 is 4.74 Å². The first-order chi connectivity index (χ1) is 11.2. The molecule has 4 heteroatoms. The average molecular weight is 373 g/mol. The molecule has 2 aromatic rings. The van der Waals surface area contributed by atoms with Gasteiger partial charge in [-0.1, -0.05) is 40.2 Å². The maximum Gasteiger partial charge on any atom is 0.137 e. The molecule has 3 nitrogen and oxygen atoms in total. The van der Waals surface area contributed by atoms with Crippen LogP contribution in [0.25, 0.3) is 11.1 Å². The van der Waals surface area contributed by atoms with Crippen LogP contribution in [-0.2, 0) is 24.2 Å². The lowest BCUT2D eigenvalue weighted by molar-refractivity contribution is -0.118. The highest BCUT2D eigenvalue weighted by Gasteiger charge is 2.26. The van der Waals surface area contributed by atoms with E-state index in [0.29, 0.717) is 24.8 Å². The summed E-state index contributed by atoms with van der Waals surface area (Å²) in [6.45, 7) is 0.482. The molecule has 23 heavy (non-hydrogen) atoms.